The lowest BCUT2D eigenvalue weighted by atomic mass is 10.0. The second kappa shape index (κ2) is 5.44. The molecule has 1 aliphatic rings. The average Bonchev–Trinajstić information content (AvgIpc) is 2.28. The summed E-state index contributed by atoms with van der Waals surface area (Å²) in [5.74, 6) is -1.64. The zero-order valence-corrected chi connectivity index (χ0v) is 10.2. The van der Waals surface area contributed by atoms with Gasteiger partial charge in [0.1, 0.15) is 0 Å². The molecule has 1 amide bonds. The van der Waals surface area contributed by atoms with Crippen LogP contribution in [0.15, 0.2) is 18.2 Å². The molecule has 5 heteroatoms. The second-order valence-electron chi connectivity index (χ2n) is 4.46. The highest BCUT2D eigenvalue weighted by molar-refractivity contribution is 5.80. The summed E-state index contributed by atoms with van der Waals surface area (Å²) in [4.78, 5) is 13.7. The molecule has 98 valence electrons. The number of amides is 1. The normalized spacial score (nSPS) is 15.3. The maximum absolute atomic E-state index is 13.1. The van der Waals surface area contributed by atoms with Gasteiger partial charge in [0.2, 0.25) is 5.91 Å². The van der Waals surface area contributed by atoms with Crippen molar-refractivity contribution in [2.75, 3.05) is 19.6 Å². The van der Waals surface area contributed by atoms with Crippen molar-refractivity contribution in [3.8, 4) is 0 Å². The third-order valence-corrected chi connectivity index (χ3v) is 3.18. The first-order valence-electron chi connectivity index (χ1n) is 6.05. The lowest BCUT2D eigenvalue weighted by Crippen LogP contribution is -2.51. The van der Waals surface area contributed by atoms with Gasteiger partial charge in [-0.1, -0.05) is 6.07 Å². The van der Waals surface area contributed by atoms with Crippen LogP contribution in [0.2, 0.25) is 0 Å². The minimum absolute atomic E-state index is 0.0234. The summed E-state index contributed by atoms with van der Waals surface area (Å²) in [5, 5.41) is 3.04. The van der Waals surface area contributed by atoms with Gasteiger partial charge in [0, 0.05) is 26.2 Å². The van der Waals surface area contributed by atoms with Gasteiger partial charge in [0.25, 0.3) is 0 Å². The lowest BCUT2D eigenvalue weighted by molar-refractivity contribution is -0.137. The molecule has 1 aliphatic heterocycles. The van der Waals surface area contributed by atoms with Crippen LogP contribution in [0.5, 0.6) is 0 Å². The number of carbonyl (C=O) groups is 1. The molecule has 0 radical (unpaired) electrons. The van der Waals surface area contributed by atoms with Gasteiger partial charge >= 0.3 is 0 Å². The summed E-state index contributed by atoms with van der Waals surface area (Å²) in [6, 6.07) is 3.74. The van der Waals surface area contributed by atoms with Crippen LogP contribution in [0.4, 0.5) is 8.78 Å². The van der Waals surface area contributed by atoms with Crippen LogP contribution in [0, 0.1) is 17.6 Å². The van der Waals surface area contributed by atoms with E-state index in [2.05, 4.69) is 5.32 Å². The van der Waals surface area contributed by atoms with E-state index in [1.807, 2.05) is 6.92 Å². The van der Waals surface area contributed by atoms with Crippen molar-refractivity contribution in [2.24, 2.45) is 5.92 Å². The summed E-state index contributed by atoms with van der Waals surface area (Å²) < 4.78 is 25.9. The van der Waals surface area contributed by atoms with E-state index in [0.29, 0.717) is 31.7 Å². The molecule has 1 heterocycles. The summed E-state index contributed by atoms with van der Waals surface area (Å²) in [6.45, 7) is 4.17. The van der Waals surface area contributed by atoms with Gasteiger partial charge in [-0.2, -0.15) is 0 Å². The number of hydrogen-bond donors (Lipinski definition) is 1. The molecule has 0 aromatic heterocycles. The van der Waals surface area contributed by atoms with E-state index < -0.39 is 11.6 Å². The third-order valence-electron chi connectivity index (χ3n) is 3.18. The summed E-state index contributed by atoms with van der Waals surface area (Å²) in [5.41, 5.74) is 0.608. The molecular weight excluding hydrogens is 238 g/mol. The molecule has 0 bridgehead atoms. The zero-order chi connectivity index (χ0) is 13.1. The number of hydrogen-bond acceptors (Lipinski definition) is 2. The number of halogens is 2. The van der Waals surface area contributed by atoms with Gasteiger partial charge in [-0.3, -0.25) is 4.79 Å². The highest BCUT2D eigenvalue weighted by Crippen LogP contribution is 2.14. The molecule has 2 rings (SSSR count). The molecule has 18 heavy (non-hydrogen) atoms. The fourth-order valence-corrected chi connectivity index (χ4v) is 1.93. The summed E-state index contributed by atoms with van der Waals surface area (Å²) in [7, 11) is 0. The van der Waals surface area contributed by atoms with E-state index in [-0.39, 0.29) is 11.8 Å². The minimum Gasteiger partial charge on any atom is -0.338 e. The van der Waals surface area contributed by atoms with Gasteiger partial charge in [0.05, 0.1) is 5.92 Å². The standard InChI is InChI=1S/C13H16F2N2O/c1-2-17(13(18)10-6-16-7-10)8-9-3-4-11(14)12(15)5-9/h3-5,10,16H,2,6-8H2,1H3. The van der Waals surface area contributed by atoms with Crippen molar-refractivity contribution >= 4 is 5.91 Å². The van der Waals surface area contributed by atoms with Crippen LogP contribution < -0.4 is 5.32 Å². The Kier molecular flexibility index (Phi) is 3.91. The molecule has 0 aliphatic carbocycles. The van der Waals surface area contributed by atoms with Crippen molar-refractivity contribution < 1.29 is 13.6 Å². The lowest BCUT2D eigenvalue weighted by Gasteiger charge is -2.32. The SMILES string of the molecule is CCN(Cc1ccc(F)c(F)c1)C(=O)C1CNC1. The van der Waals surface area contributed by atoms with Crippen LogP contribution in [0.25, 0.3) is 0 Å². The van der Waals surface area contributed by atoms with Crippen molar-refractivity contribution in [3.63, 3.8) is 0 Å². The number of carbonyl (C=O) groups excluding carboxylic acids is 1. The number of nitrogens with one attached hydrogen (secondary N) is 1. The monoisotopic (exact) mass is 254 g/mol. The largest absolute Gasteiger partial charge is 0.338 e. The predicted molar refractivity (Wildman–Crippen MR) is 63.8 cm³/mol. The van der Waals surface area contributed by atoms with E-state index in [9.17, 15) is 13.6 Å². The molecule has 1 saturated heterocycles. The molecule has 0 spiro atoms. The van der Waals surface area contributed by atoms with Crippen molar-refractivity contribution in [1.29, 1.82) is 0 Å². The van der Waals surface area contributed by atoms with Crippen molar-refractivity contribution in [1.82, 2.24) is 10.2 Å². The molecule has 0 atom stereocenters. The Morgan fingerprint density at radius 1 is 1.39 bits per heavy atom. The summed E-state index contributed by atoms with van der Waals surface area (Å²) in [6.07, 6.45) is 0. The van der Waals surface area contributed by atoms with E-state index in [1.54, 1.807) is 4.90 Å². The number of rotatable bonds is 4. The van der Waals surface area contributed by atoms with Crippen LogP contribution in [-0.2, 0) is 11.3 Å². The third kappa shape index (κ3) is 2.67. The maximum atomic E-state index is 13.1. The van der Waals surface area contributed by atoms with Crippen LogP contribution >= 0.6 is 0 Å². The second-order valence-corrected chi connectivity index (χ2v) is 4.46. The van der Waals surface area contributed by atoms with Gasteiger partial charge < -0.3 is 10.2 Å². The van der Waals surface area contributed by atoms with E-state index >= 15 is 0 Å². The topological polar surface area (TPSA) is 32.3 Å². The fraction of sp³-hybridized carbons (Fsp3) is 0.462. The average molecular weight is 254 g/mol. The molecule has 1 fully saturated rings. The van der Waals surface area contributed by atoms with Crippen molar-refractivity contribution in [3.05, 3.63) is 35.4 Å². The Hall–Kier alpha value is -1.49. The van der Waals surface area contributed by atoms with Crippen LogP contribution in [0.1, 0.15) is 12.5 Å². The molecule has 0 unspecified atom stereocenters. The Labute approximate surface area is 105 Å². The quantitative estimate of drug-likeness (QED) is 0.883. The Morgan fingerprint density at radius 2 is 2.11 bits per heavy atom. The van der Waals surface area contributed by atoms with Gasteiger partial charge in [-0.15, -0.1) is 0 Å². The molecule has 1 aromatic carbocycles. The fourth-order valence-electron chi connectivity index (χ4n) is 1.93. The van der Waals surface area contributed by atoms with E-state index in [4.69, 9.17) is 0 Å². The van der Waals surface area contributed by atoms with Gasteiger partial charge in [-0.05, 0) is 24.6 Å². The Balaban J connectivity index is 2.04. The first-order chi connectivity index (χ1) is 8.61. The molecule has 1 aromatic rings. The van der Waals surface area contributed by atoms with Crippen LogP contribution in [0.3, 0.4) is 0 Å². The molecule has 1 N–H and O–H groups in total. The van der Waals surface area contributed by atoms with Gasteiger partial charge in [-0.25, -0.2) is 8.78 Å². The zero-order valence-electron chi connectivity index (χ0n) is 10.2. The first kappa shape index (κ1) is 13.0. The molecule has 3 nitrogen and oxygen atoms in total. The minimum atomic E-state index is -0.874. The van der Waals surface area contributed by atoms with Gasteiger partial charge in [0.15, 0.2) is 11.6 Å². The Morgan fingerprint density at radius 3 is 2.61 bits per heavy atom. The molecular formula is C13H16F2N2O. The maximum Gasteiger partial charge on any atom is 0.228 e. The van der Waals surface area contributed by atoms with Crippen LogP contribution in [-0.4, -0.2) is 30.4 Å². The smallest absolute Gasteiger partial charge is 0.228 e. The highest BCUT2D eigenvalue weighted by Gasteiger charge is 2.28. The number of nitrogens with zero attached hydrogens (tertiary/aromatic N) is 1. The first-order valence-corrected chi connectivity index (χ1v) is 6.05. The molecule has 0 saturated carbocycles. The highest BCUT2D eigenvalue weighted by atomic mass is 19.2. The Bertz CT molecular complexity index is 447. The van der Waals surface area contributed by atoms with Crippen molar-refractivity contribution in [2.45, 2.75) is 13.5 Å². The summed E-state index contributed by atoms with van der Waals surface area (Å²) >= 11 is 0. The van der Waals surface area contributed by atoms with E-state index in [0.717, 1.165) is 12.1 Å². The number of benzene rings is 1. The van der Waals surface area contributed by atoms with E-state index in [1.165, 1.54) is 6.07 Å². The predicted octanol–water partition coefficient (Wildman–Crippen LogP) is 1.53.